The Morgan fingerprint density at radius 3 is 2.81 bits per heavy atom. The average Bonchev–Trinajstić information content (AvgIpc) is 3.48. The molecule has 2 saturated heterocycles. The minimum absolute atomic E-state index is 0.101. The number of imide groups is 1. The van der Waals surface area contributed by atoms with Gasteiger partial charge in [0, 0.05) is 32.0 Å². The van der Waals surface area contributed by atoms with E-state index in [0.717, 1.165) is 55.6 Å². The van der Waals surface area contributed by atoms with Crippen LogP contribution in [0, 0.1) is 0 Å². The van der Waals surface area contributed by atoms with Gasteiger partial charge in [-0.25, -0.2) is 9.78 Å². The maximum absolute atomic E-state index is 12.8. The smallest absolute Gasteiger partial charge is 0.325 e. The number of carbonyl (C=O) groups is 3. The van der Waals surface area contributed by atoms with Gasteiger partial charge in [0.25, 0.3) is 5.91 Å². The van der Waals surface area contributed by atoms with Crippen molar-refractivity contribution in [2.75, 3.05) is 19.6 Å². The number of fused-ring (bicyclic) bond motifs is 1. The van der Waals surface area contributed by atoms with E-state index in [2.05, 4.69) is 11.4 Å². The van der Waals surface area contributed by atoms with E-state index in [1.807, 2.05) is 23.1 Å². The Labute approximate surface area is 185 Å². The predicted molar refractivity (Wildman–Crippen MR) is 119 cm³/mol. The van der Waals surface area contributed by atoms with E-state index in [4.69, 9.17) is 4.98 Å². The molecule has 1 atom stereocenters. The van der Waals surface area contributed by atoms with Crippen LogP contribution in [0.15, 0.2) is 24.3 Å². The molecule has 1 aromatic carbocycles. The summed E-state index contributed by atoms with van der Waals surface area (Å²) in [4.78, 5) is 45.9. The second kappa shape index (κ2) is 8.22. The molecule has 1 saturated carbocycles. The van der Waals surface area contributed by atoms with E-state index >= 15 is 0 Å². The summed E-state index contributed by atoms with van der Waals surface area (Å²) in [6.07, 6.45) is 6.30. The molecule has 1 aliphatic carbocycles. The van der Waals surface area contributed by atoms with Gasteiger partial charge in [-0.2, -0.15) is 0 Å². The number of piperidine rings is 1. The summed E-state index contributed by atoms with van der Waals surface area (Å²) in [5.74, 6) is 0.285. The number of rotatable bonds is 5. The number of hydrogen-bond donors (Lipinski definition) is 1. The van der Waals surface area contributed by atoms with Crippen LogP contribution in [0.2, 0.25) is 0 Å². The first kappa shape index (κ1) is 20.4. The topological polar surface area (TPSA) is 82.6 Å². The molecule has 31 heavy (non-hydrogen) atoms. The third kappa shape index (κ3) is 3.82. The Morgan fingerprint density at radius 2 is 2.00 bits per heavy atom. The Morgan fingerprint density at radius 1 is 1.19 bits per heavy atom. The number of carbonyl (C=O) groups excluding carboxylic acids is 3. The monoisotopic (exact) mass is 440 g/mol. The third-order valence-electron chi connectivity index (χ3n) is 6.91. The average molecular weight is 441 g/mol. The van der Waals surface area contributed by atoms with Crippen molar-refractivity contribution in [2.45, 2.75) is 62.8 Å². The van der Waals surface area contributed by atoms with E-state index in [-0.39, 0.29) is 23.8 Å². The number of nitrogens with one attached hydrogen (secondary N) is 1. The summed E-state index contributed by atoms with van der Waals surface area (Å²) in [6.45, 7) is 1.78. The Bertz CT molecular complexity index is 980. The number of amides is 4. The lowest BCUT2D eigenvalue weighted by Crippen LogP contribution is -2.44. The van der Waals surface area contributed by atoms with Gasteiger partial charge in [-0.3, -0.25) is 14.5 Å². The van der Waals surface area contributed by atoms with Crippen LogP contribution in [0.25, 0.3) is 10.2 Å². The molecule has 3 fully saturated rings. The largest absolute Gasteiger partial charge is 0.342 e. The van der Waals surface area contributed by atoms with Gasteiger partial charge in [0.1, 0.15) is 5.54 Å². The highest BCUT2D eigenvalue weighted by molar-refractivity contribution is 7.18. The van der Waals surface area contributed by atoms with Crippen LogP contribution in [-0.2, 0) is 9.59 Å². The maximum atomic E-state index is 12.8. The number of urea groups is 1. The molecular weight excluding hydrogens is 412 g/mol. The normalized spacial score (nSPS) is 23.2. The van der Waals surface area contributed by atoms with Crippen LogP contribution < -0.4 is 5.32 Å². The van der Waals surface area contributed by atoms with Crippen molar-refractivity contribution < 1.29 is 14.4 Å². The van der Waals surface area contributed by atoms with E-state index in [0.29, 0.717) is 25.9 Å². The third-order valence-corrected chi connectivity index (χ3v) is 8.11. The molecule has 4 amide bonds. The molecule has 2 aliphatic heterocycles. The number of nitrogens with zero attached hydrogens (tertiary/aromatic N) is 3. The molecule has 1 spiro atoms. The highest BCUT2D eigenvalue weighted by Crippen LogP contribution is 2.35. The van der Waals surface area contributed by atoms with Gasteiger partial charge in [0.05, 0.1) is 15.2 Å². The molecule has 5 rings (SSSR count). The van der Waals surface area contributed by atoms with E-state index in [1.54, 1.807) is 11.3 Å². The zero-order valence-electron chi connectivity index (χ0n) is 17.6. The zero-order chi connectivity index (χ0) is 21.4. The maximum Gasteiger partial charge on any atom is 0.325 e. The number of benzene rings is 1. The fourth-order valence-corrected chi connectivity index (χ4v) is 6.31. The van der Waals surface area contributed by atoms with Gasteiger partial charge in [-0.15, -0.1) is 11.3 Å². The molecule has 164 valence electrons. The zero-order valence-corrected chi connectivity index (χ0v) is 18.5. The number of likely N-dealkylation sites (tertiary alicyclic amines) is 1. The lowest BCUT2D eigenvalue weighted by Gasteiger charge is -2.32. The fraction of sp³-hybridized carbons (Fsp3) is 0.565. The van der Waals surface area contributed by atoms with Gasteiger partial charge in [0.15, 0.2) is 0 Å². The van der Waals surface area contributed by atoms with Crippen LogP contribution in [0.5, 0.6) is 0 Å². The highest BCUT2D eigenvalue weighted by Gasteiger charge is 2.52. The number of para-hydroxylation sites is 1. The van der Waals surface area contributed by atoms with E-state index in [1.165, 1.54) is 9.60 Å². The lowest BCUT2D eigenvalue weighted by atomic mass is 9.98. The Balaban J connectivity index is 1.15. The molecule has 2 aromatic rings. The van der Waals surface area contributed by atoms with Crippen molar-refractivity contribution in [1.29, 1.82) is 0 Å². The minimum Gasteiger partial charge on any atom is -0.342 e. The second-order valence-corrected chi connectivity index (χ2v) is 10.0. The van der Waals surface area contributed by atoms with Crippen LogP contribution in [0.1, 0.15) is 62.3 Å². The molecule has 0 bridgehead atoms. The number of aromatic nitrogens is 1. The summed E-state index contributed by atoms with van der Waals surface area (Å²) >= 11 is 1.72. The summed E-state index contributed by atoms with van der Waals surface area (Å²) < 4.78 is 1.19. The summed E-state index contributed by atoms with van der Waals surface area (Å²) in [6, 6.07) is 7.86. The first-order valence-corrected chi connectivity index (χ1v) is 12.1. The van der Waals surface area contributed by atoms with Gasteiger partial charge in [-0.1, -0.05) is 25.0 Å². The van der Waals surface area contributed by atoms with Gasteiger partial charge >= 0.3 is 6.03 Å². The van der Waals surface area contributed by atoms with Crippen molar-refractivity contribution in [2.24, 2.45) is 0 Å². The van der Waals surface area contributed by atoms with Crippen LogP contribution in [0.3, 0.4) is 0 Å². The SMILES string of the molecule is O=C(CCCN1C(=O)NC2(CCCC2)C1=O)N1CCC[C@@H](c2nc3ccccc3s2)C1. The first-order chi connectivity index (χ1) is 15.1. The summed E-state index contributed by atoms with van der Waals surface area (Å²) in [7, 11) is 0. The van der Waals surface area contributed by atoms with E-state index < -0.39 is 5.54 Å². The molecule has 0 radical (unpaired) electrons. The second-order valence-electron chi connectivity index (χ2n) is 8.98. The van der Waals surface area contributed by atoms with Gasteiger partial charge in [-0.05, 0) is 44.2 Å². The van der Waals surface area contributed by atoms with Crippen molar-refractivity contribution in [3.05, 3.63) is 29.3 Å². The van der Waals surface area contributed by atoms with Gasteiger partial charge in [0.2, 0.25) is 5.91 Å². The minimum atomic E-state index is -0.668. The quantitative estimate of drug-likeness (QED) is 0.720. The molecule has 7 nitrogen and oxygen atoms in total. The lowest BCUT2D eigenvalue weighted by molar-refractivity contribution is -0.134. The van der Waals surface area contributed by atoms with Gasteiger partial charge < -0.3 is 10.2 Å². The first-order valence-electron chi connectivity index (χ1n) is 11.3. The molecule has 8 heteroatoms. The van der Waals surface area contributed by atoms with Crippen molar-refractivity contribution in [3.8, 4) is 0 Å². The van der Waals surface area contributed by atoms with Crippen LogP contribution in [-0.4, -0.2) is 57.8 Å². The van der Waals surface area contributed by atoms with Crippen molar-refractivity contribution in [1.82, 2.24) is 20.1 Å². The number of thiazole rings is 1. The summed E-state index contributed by atoms with van der Waals surface area (Å²) in [5, 5.41) is 4.01. The molecule has 1 aromatic heterocycles. The molecule has 3 aliphatic rings. The molecular formula is C23H28N4O3S. The number of hydrogen-bond acceptors (Lipinski definition) is 5. The van der Waals surface area contributed by atoms with Crippen molar-refractivity contribution >= 4 is 39.4 Å². The Kier molecular flexibility index (Phi) is 5.42. The predicted octanol–water partition coefficient (Wildman–Crippen LogP) is 3.65. The van der Waals surface area contributed by atoms with Crippen LogP contribution in [0.4, 0.5) is 4.79 Å². The summed E-state index contributed by atoms with van der Waals surface area (Å²) in [5.41, 5.74) is 0.359. The molecule has 1 N–H and O–H groups in total. The molecule has 3 heterocycles. The van der Waals surface area contributed by atoms with E-state index in [9.17, 15) is 14.4 Å². The standard InChI is InChI=1S/C23H28N4O3S/c28-19(10-6-14-27-21(29)23(25-22(27)30)11-3-4-12-23)26-13-5-7-16(15-26)20-24-17-8-1-2-9-18(17)31-20/h1-2,8-9,16H,3-7,10-15H2,(H,25,30)/t16-/m1/s1. The molecule has 0 unspecified atom stereocenters. The highest BCUT2D eigenvalue weighted by atomic mass is 32.1. The fourth-order valence-electron chi connectivity index (χ4n) is 5.21. The van der Waals surface area contributed by atoms with Crippen LogP contribution >= 0.6 is 11.3 Å². The Hall–Kier alpha value is -2.48. The van der Waals surface area contributed by atoms with Crippen molar-refractivity contribution in [3.63, 3.8) is 0 Å².